The minimum atomic E-state index is 0.223. The van der Waals surface area contributed by atoms with Crippen LogP contribution in [0, 0.1) is 5.92 Å². The lowest BCUT2D eigenvalue weighted by Gasteiger charge is -2.33. The normalized spacial score (nSPS) is 17.9. The van der Waals surface area contributed by atoms with Crippen molar-refractivity contribution in [3.63, 3.8) is 0 Å². The number of rotatable bonds is 5. The number of benzene rings is 7. The summed E-state index contributed by atoms with van der Waals surface area (Å²) in [4.78, 5) is 0. The van der Waals surface area contributed by atoms with Gasteiger partial charge in [0.2, 0.25) is 0 Å². The average Bonchev–Trinajstić information content (AvgIpc) is 3.95. The zero-order valence-electron chi connectivity index (χ0n) is 33.1. The van der Waals surface area contributed by atoms with E-state index in [1.54, 1.807) is 0 Å². The number of aromatic nitrogens is 2. The molecule has 2 aliphatic rings. The molecule has 3 heterocycles. The molecule has 2 aliphatic carbocycles. The fourth-order valence-corrected chi connectivity index (χ4v) is 10.4. The van der Waals surface area contributed by atoms with Crippen LogP contribution in [0.25, 0.3) is 88.7 Å². The maximum atomic E-state index is 6.47. The number of fused-ring (bicyclic) bond motifs is 10. The van der Waals surface area contributed by atoms with Crippen molar-refractivity contribution in [2.24, 2.45) is 5.92 Å². The minimum absolute atomic E-state index is 0.223. The highest BCUT2D eigenvalue weighted by Crippen LogP contribution is 2.48. The Morgan fingerprint density at radius 1 is 0.559 bits per heavy atom. The van der Waals surface area contributed by atoms with Crippen LogP contribution >= 0.6 is 0 Å². The summed E-state index contributed by atoms with van der Waals surface area (Å²) in [5.74, 6) is 0.661. The van der Waals surface area contributed by atoms with Crippen LogP contribution in [0.4, 0.5) is 0 Å². The highest BCUT2D eigenvalue weighted by molar-refractivity contribution is 6.24. The maximum Gasteiger partial charge on any atom is 0.137 e. The molecule has 3 atom stereocenters. The fourth-order valence-electron chi connectivity index (χ4n) is 10.4. The van der Waals surface area contributed by atoms with Gasteiger partial charge in [0.05, 0.1) is 22.5 Å². The monoisotopic (exact) mass is 758 g/mol. The van der Waals surface area contributed by atoms with Crippen molar-refractivity contribution in [3.05, 3.63) is 204 Å². The standard InChI is InChI=1S/C56H42N2O/c1-35-32-41(34-48-44-18-9-11-21-50(44)58(55(35)48)49-22-13-20-43(36(49)2)39-16-7-4-8-17-39)40-26-30-51-47(33-40)45-29-31-53-54(46-19-10-12-23-52(46)59-53)56(45)57(51)42-27-24-38(25-28-42)37-14-5-3-6-15-37/h3-31,33-36,49H,32H2,1-2H3. The van der Waals surface area contributed by atoms with Gasteiger partial charge < -0.3 is 13.6 Å². The van der Waals surface area contributed by atoms with E-state index in [1.165, 1.54) is 77.4 Å². The second-order valence-corrected chi connectivity index (χ2v) is 16.5. The number of furan rings is 1. The number of allylic oxidation sites excluding steroid dienone is 5. The van der Waals surface area contributed by atoms with E-state index in [1.807, 2.05) is 0 Å². The molecule has 0 amide bonds. The Morgan fingerprint density at radius 2 is 1.25 bits per heavy atom. The van der Waals surface area contributed by atoms with Crippen molar-refractivity contribution in [1.29, 1.82) is 0 Å². The van der Waals surface area contributed by atoms with Gasteiger partial charge in [0.25, 0.3) is 0 Å². The van der Waals surface area contributed by atoms with Gasteiger partial charge in [-0.05, 0) is 94.4 Å². The lowest BCUT2D eigenvalue weighted by molar-refractivity contribution is 0.484. The van der Waals surface area contributed by atoms with Gasteiger partial charge in [-0.1, -0.05) is 147 Å². The molecule has 282 valence electrons. The summed E-state index contributed by atoms with van der Waals surface area (Å²) in [6.45, 7) is 4.82. The number of hydrogen-bond donors (Lipinski definition) is 0. The predicted octanol–water partition coefficient (Wildman–Crippen LogP) is 15.2. The fraction of sp³-hybridized carbons (Fsp3) is 0.107. The van der Waals surface area contributed by atoms with E-state index >= 15 is 0 Å². The first kappa shape index (κ1) is 34.0. The number of para-hydroxylation sites is 2. The molecule has 3 nitrogen and oxygen atoms in total. The lowest BCUT2D eigenvalue weighted by atomic mass is 9.82. The quantitative estimate of drug-likeness (QED) is 0.171. The zero-order valence-corrected chi connectivity index (χ0v) is 33.1. The van der Waals surface area contributed by atoms with Crippen LogP contribution in [0.2, 0.25) is 0 Å². The van der Waals surface area contributed by atoms with Gasteiger partial charge in [-0.15, -0.1) is 0 Å². The van der Waals surface area contributed by atoms with E-state index in [-0.39, 0.29) is 6.04 Å². The van der Waals surface area contributed by atoms with Crippen molar-refractivity contribution < 1.29 is 4.42 Å². The first-order chi connectivity index (χ1) is 29.1. The third-order valence-corrected chi connectivity index (χ3v) is 13.2. The van der Waals surface area contributed by atoms with Gasteiger partial charge in [-0.3, -0.25) is 0 Å². The third-order valence-electron chi connectivity index (χ3n) is 13.2. The smallest absolute Gasteiger partial charge is 0.137 e. The second kappa shape index (κ2) is 13.2. The first-order valence-corrected chi connectivity index (χ1v) is 20.9. The molecule has 0 bridgehead atoms. The zero-order chi connectivity index (χ0) is 39.2. The van der Waals surface area contributed by atoms with E-state index in [0.29, 0.717) is 11.8 Å². The van der Waals surface area contributed by atoms with Crippen LogP contribution in [0.5, 0.6) is 0 Å². The summed E-state index contributed by atoms with van der Waals surface area (Å²) in [7, 11) is 0. The highest BCUT2D eigenvalue weighted by Gasteiger charge is 2.32. The molecule has 0 fully saturated rings. The van der Waals surface area contributed by atoms with Gasteiger partial charge >= 0.3 is 0 Å². The second-order valence-electron chi connectivity index (χ2n) is 16.5. The predicted molar refractivity (Wildman–Crippen MR) is 248 cm³/mol. The van der Waals surface area contributed by atoms with E-state index in [2.05, 4.69) is 211 Å². The molecule has 0 N–H and O–H groups in total. The molecule has 10 aromatic rings. The summed E-state index contributed by atoms with van der Waals surface area (Å²) in [5.41, 5.74) is 17.2. The van der Waals surface area contributed by atoms with E-state index < -0.39 is 0 Å². The molecule has 3 unspecified atom stereocenters. The molecule has 3 heteroatoms. The van der Waals surface area contributed by atoms with Crippen molar-refractivity contribution in [3.8, 4) is 16.8 Å². The maximum absolute atomic E-state index is 6.47. The van der Waals surface area contributed by atoms with Crippen LogP contribution < -0.4 is 0 Å². The van der Waals surface area contributed by atoms with Crippen molar-refractivity contribution in [2.45, 2.75) is 32.2 Å². The van der Waals surface area contributed by atoms with Gasteiger partial charge in [-0.25, -0.2) is 0 Å². The van der Waals surface area contributed by atoms with Gasteiger partial charge in [0.1, 0.15) is 11.2 Å². The molecule has 0 radical (unpaired) electrons. The Kier molecular flexibility index (Phi) is 7.62. The lowest BCUT2D eigenvalue weighted by Crippen LogP contribution is -2.22. The molecule has 7 aromatic carbocycles. The summed E-state index contributed by atoms with van der Waals surface area (Å²) >= 11 is 0. The van der Waals surface area contributed by atoms with Gasteiger partial charge in [0.15, 0.2) is 0 Å². The molecule has 0 aliphatic heterocycles. The van der Waals surface area contributed by atoms with Crippen molar-refractivity contribution in [2.75, 3.05) is 0 Å². The Morgan fingerprint density at radius 3 is 2.07 bits per heavy atom. The van der Waals surface area contributed by atoms with Crippen LogP contribution in [-0.4, -0.2) is 9.13 Å². The van der Waals surface area contributed by atoms with Gasteiger partial charge in [-0.2, -0.15) is 0 Å². The van der Waals surface area contributed by atoms with Gasteiger partial charge in [0, 0.05) is 55.8 Å². The minimum Gasteiger partial charge on any atom is -0.456 e. The van der Waals surface area contributed by atoms with Crippen molar-refractivity contribution >= 4 is 71.9 Å². The largest absolute Gasteiger partial charge is 0.456 e. The molecule has 0 saturated heterocycles. The SMILES string of the molecule is CC1CC(c2ccc3c(c2)c2ccc4oc5ccccc5c4c2n3-c2ccc(-c3ccccc3)cc2)=Cc2c1n(C1C=CC=C(c3ccccc3)C1C)c1ccccc21. The van der Waals surface area contributed by atoms with E-state index in [4.69, 9.17) is 4.42 Å². The van der Waals surface area contributed by atoms with Crippen LogP contribution in [0.3, 0.4) is 0 Å². The Bertz CT molecular complexity index is 3370. The van der Waals surface area contributed by atoms with Crippen LogP contribution in [0.15, 0.2) is 186 Å². The van der Waals surface area contributed by atoms with Crippen LogP contribution in [-0.2, 0) is 0 Å². The Hall–Kier alpha value is -7.10. The van der Waals surface area contributed by atoms with E-state index in [0.717, 1.165) is 34.0 Å². The summed E-state index contributed by atoms with van der Waals surface area (Å²) < 4.78 is 11.6. The summed E-state index contributed by atoms with van der Waals surface area (Å²) in [6.07, 6.45) is 10.5. The third kappa shape index (κ3) is 5.21. The Balaban J connectivity index is 1.03. The highest BCUT2D eigenvalue weighted by atomic mass is 16.3. The summed E-state index contributed by atoms with van der Waals surface area (Å²) in [6, 6.07) is 59.8. The molecular formula is C56H42N2O. The molecular weight excluding hydrogens is 717 g/mol. The molecule has 3 aromatic heterocycles. The van der Waals surface area contributed by atoms with E-state index in [9.17, 15) is 0 Å². The Labute approximate surface area is 343 Å². The van der Waals surface area contributed by atoms with Crippen LogP contribution in [0.1, 0.15) is 54.6 Å². The topological polar surface area (TPSA) is 23.0 Å². The average molecular weight is 759 g/mol. The summed E-state index contributed by atoms with van der Waals surface area (Å²) in [5, 5.41) is 6.10. The molecule has 0 saturated carbocycles. The number of nitrogens with zero attached hydrogens (tertiary/aromatic N) is 2. The first-order valence-electron chi connectivity index (χ1n) is 20.9. The molecule has 0 spiro atoms. The van der Waals surface area contributed by atoms with Crippen molar-refractivity contribution in [1.82, 2.24) is 9.13 Å². The number of hydrogen-bond acceptors (Lipinski definition) is 1. The molecule has 59 heavy (non-hydrogen) atoms. The molecule has 12 rings (SSSR count).